The monoisotopic (exact) mass is 460 g/mol. The van der Waals surface area contributed by atoms with Crippen molar-refractivity contribution < 1.29 is 28.9 Å². The second kappa shape index (κ2) is 9.54. The van der Waals surface area contributed by atoms with E-state index in [-0.39, 0.29) is 31.8 Å². The third-order valence-electron chi connectivity index (χ3n) is 5.97. The van der Waals surface area contributed by atoms with Crippen LogP contribution in [0, 0.1) is 0 Å². The van der Waals surface area contributed by atoms with Gasteiger partial charge in [-0.3, -0.25) is 9.59 Å². The predicted octanol–water partition coefficient (Wildman–Crippen LogP) is 3.13. The molecule has 2 atom stereocenters. The fourth-order valence-electron chi connectivity index (χ4n) is 4.20. The molecule has 0 aromatic heterocycles. The molecule has 1 fully saturated rings. The molecule has 5 rings (SSSR count). The number of rotatable bonds is 6. The van der Waals surface area contributed by atoms with Gasteiger partial charge in [-0.15, -0.1) is 0 Å². The Kier molecular flexibility index (Phi) is 6.16. The van der Waals surface area contributed by atoms with Crippen LogP contribution in [0.4, 0.5) is 5.69 Å². The van der Waals surface area contributed by atoms with E-state index in [0.29, 0.717) is 29.3 Å². The number of morpholine rings is 1. The van der Waals surface area contributed by atoms with Crippen LogP contribution in [-0.2, 0) is 16.1 Å². The minimum absolute atomic E-state index is 0.0589. The maximum atomic E-state index is 12.6. The molecule has 2 aliphatic rings. The van der Waals surface area contributed by atoms with Gasteiger partial charge in [0.1, 0.15) is 12.7 Å². The average Bonchev–Trinajstić information content (AvgIpc) is 3.34. The van der Waals surface area contributed by atoms with Crippen LogP contribution in [0.3, 0.4) is 0 Å². The van der Waals surface area contributed by atoms with E-state index in [1.54, 1.807) is 35.2 Å². The third-order valence-corrected chi connectivity index (χ3v) is 5.97. The molecule has 2 amide bonds. The highest BCUT2D eigenvalue weighted by Crippen LogP contribution is 2.33. The molecule has 0 aliphatic carbocycles. The summed E-state index contributed by atoms with van der Waals surface area (Å²) in [5, 5.41) is 13.0. The van der Waals surface area contributed by atoms with E-state index in [1.807, 2.05) is 42.5 Å². The number of fused-ring (bicyclic) bond motifs is 1. The number of ether oxygens (including phenoxy) is 3. The fourth-order valence-corrected chi connectivity index (χ4v) is 4.20. The Bertz CT molecular complexity index is 1180. The lowest BCUT2D eigenvalue weighted by Crippen LogP contribution is -2.52. The quantitative estimate of drug-likeness (QED) is 0.587. The van der Waals surface area contributed by atoms with Crippen molar-refractivity contribution in [2.45, 2.75) is 18.7 Å². The lowest BCUT2D eigenvalue weighted by molar-refractivity contribution is -0.162. The van der Waals surface area contributed by atoms with Gasteiger partial charge in [0.15, 0.2) is 11.5 Å². The highest BCUT2D eigenvalue weighted by molar-refractivity contribution is 6.04. The summed E-state index contributed by atoms with van der Waals surface area (Å²) in [6.45, 7) is 0.255. The second-order valence-corrected chi connectivity index (χ2v) is 8.13. The van der Waals surface area contributed by atoms with Gasteiger partial charge in [0.2, 0.25) is 12.7 Å². The molecule has 2 aliphatic heterocycles. The first-order chi connectivity index (χ1) is 16.6. The van der Waals surface area contributed by atoms with Crippen molar-refractivity contribution in [3.8, 4) is 11.5 Å². The summed E-state index contributed by atoms with van der Waals surface area (Å²) < 4.78 is 16.4. The van der Waals surface area contributed by atoms with Crippen molar-refractivity contribution in [2.75, 3.05) is 25.3 Å². The minimum Gasteiger partial charge on any atom is -0.454 e. The highest BCUT2D eigenvalue weighted by atomic mass is 16.7. The van der Waals surface area contributed by atoms with Crippen molar-refractivity contribution in [3.05, 3.63) is 89.5 Å². The number of anilines is 1. The summed E-state index contributed by atoms with van der Waals surface area (Å²) in [7, 11) is 0. The van der Waals surface area contributed by atoms with Gasteiger partial charge < -0.3 is 29.5 Å². The molecule has 3 aromatic carbocycles. The molecule has 2 heterocycles. The maximum Gasteiger partial charge on any atom is 0.255 e. The Morgan fingerprint density at radius 2 is 1.76 bits per heavy atom. The Morgan fingerprint density at radius 1 is 1.00 bits per heavy atom. The van der Waals surface area contributed by atoms with Crippen LogP contribution < -0.4 is 14.8 Å². The van der Waals surface area contributed by atoms with Crippen molar-refractivity contribution in [1.82, 2.24) is 4.90 Å². The first-order valence-corrected chi connectivity index (χ1v) is 11.0. The van der Waals surface area contributed by atoms with E-state index in [1.165, 1.54) is 0 Å². The van der Waals surface area contributed by atoms with Gasteiger partial charge in [-0.1, -0.05) is 42.5 Å². The lowest BCUT2D eigenvalue weighted by atomic mass is 9.98. The smallest absolute Gasteiger partial charge is 0.255 e. The van der Waals surface area contributed by atoms with E-state index < -0.39 is 12.1 Å². The van der Waals surface area contributed by atoms with Crippen LogP contribution >= 0.6 is 0 Å². The number of hydrogen-bond acceptors (Lipinski definition) is 6. The van der Waals surface area contributed by atoms with Gasteiger partial charge in [0.25, 0.3) is 5.91 Å². The summed E-state index contributed by atoms with van der Waals surface area (Å²) in [6.07, 6.45) is -0.481. The summed E-state index contributed by atoms with van der Waals surface area (Å²) in [6, 6.07) is 21.4. The van der Waals surface area contributed by atoms with Gasteiger partial charge in [-0.25, -0.2) is 0 Å². The minimum atomic E-state index is -0.518. The van der Waals surface area contributed by atoms with Crippen LogP contribution in [0.15, 0.2) is 72.8 Å². The Morgan fingerprint density at radius 3 is 2.53 bits per heavy atom. The van der Waals surface area contributed by atoms with Crippen LogP contribution in [-0.4, -0.2) is 47.9 Å². The van der Waals surface area contributed by atoms with E-state index in [2.05, 4.69) is 5.32 Å². The van der Waals surface area contributed by atoms with Gasteiger partial charge in [0, 0.05) is 17.8 Å². The molecule has 0 radical (unpaired) electrons. The molecule has 34 heavy (non-hydrogen) atoms. The summed E-state index contributed by atoms with van der Waals surface area (Å²) >= 11 is 0. The van der Waals surface area contributed by atoms with Gasteiger partial charge in [0.05, 0.1) is 12.6 Å². The highest BCUT2D eigenvalue weighted by Gasteiger charge is 2.37. The SMILES string of the molecule is O=C(Nc1ccc([C@H]2OCC(=O)N(Cc3ccccc3)[C@@H]2CO)cc1)c1ccc2c(c1)OCO2. The number of hydrogen-bond donors (Lipinski definition) is 2. The number of amides is 2. The Hall–Kier alpha value is -3.88. The van der Waals surface area contributed by atoms with Crippen LogP contribution in [0.1, 0.15) is 27.6 Å². The van der Waals surface area contributed by atoms with E-state index in [9.17, 15) is 14.7 Å². The molecule has 174 valence electrons. The molecule has 0 saturated carbocycles. The summed E-state index contributed by atoms with van der Waals surface area (Å²) in [4.78, 5) is 26.9. The number of aliphatic hydroxyl groups excluding tert-OH is 1. The van der Waals surface area contributed by atoms with E-state index in [0.717, 1.165) is 11.1 Å². The molecule has 0 spiro atoms. The third kappa shape index (κ3) is 4.46. The predicted molar refractivity (Wildman–Crippen MR) is 124 cm³/mol. The largest absolute Gasteiger partial charge is 0.454 e. The molecule has 8 nitrogen and oxygen atoms in total. The first kappa shape index (κ1) is 21.9. The summed E-state index contributed by atoms with van der Waals surface area (Å²) in [5.74, 6) is 0.730. The van der Waals surface area contributed by atoms with Crippen LogP contribution in [0.25, 0.3) is 0 Å². The lowest BCUT2D eigenvalue weighted by Gasteiger charge is -2.40. The van der Waals surface area contributed by atoms with Crippen molar-refractivity contribution in [3.63, 3.8) is 0 Å². The van der Waals surface area contributed by atoms with Gasteiger partial charge in [-0.05, 0) is 41.5 Å². The standard InChI is InChI=1S/C26H24N2O6/c29-14-21-25(32-15-24(30)28(21)13-17-4-2-1-3-5-17)18-6-9-20(10-7-18)27-26(31)19-8-11-22-23(12-19)34-16-33-22/h1-12,21,25,29H,13-16H2,(H,27,31)/t21-,25-/m1/s1. The number of benzene rings is 3. The van der Waals surface area contributed by atoms with Crippen LogP contribution in [0.2, 0.25) is 0 Å². The molecule has 0 bridgehead atoms. The molecule has 0 unspecified atom stereocenters. The second-order valence-electron chi connectivity index (χ2n) is 8.13. The maximum absolute atomic E-state index is 12.6. The molecular weight excluding hydrogens is 436 g/mol. The average molecular weight is 460 g/mol. The number of carbonyl (C=O) groups excluding carboxylic acids is 2. The van der Waals surface area contributed by atoms with Crippen molar-refractivity contribution >= 4 is 17.5 Å². The zero-order chi connectivity index (χ0) is 23.5. The van der Waals surface area contributed by atoms with E-state index in [4.69, 9.17) is 14.2 Å². The number of aliphatic hydroxyl groups is 1. The number of carbonyl (C=O) groups is 2. The zero-order valence-corrected chi connectivity index (χ0v) is 18.3. The Balaban J connectivity index is 1.29. The van der Waals surface area contributed by atoms with Crippen molar-refractivity contribution in [1.29, 1.82) is 0 Å². The molecule has 3 aromatic rings. The molecular formula is C26H24N2O6. The molecule has 2 N–H and O–H groups in total. The Labute approximate surface area is 196 Å². The van der Waals surface area contributed by atoms with Crippen molar-refractivity contribution in [2.24, 2.45) is 0 Å². The topological polar surface area (TPSA) is 97.3 Å². The number of nitrogens with one attached hydrogen (secondary N) is 1. The van der Waals surface area contributed by atoms with E-state index >= 15 is 0 Å². The first-order valence-electron chi connectivity index (χ1n) is 11.0. The zero-order valence-electron chi connectivity index (χ0n) is 18.3. The summed E-state index contributed by atoms with van der Waals surface area (Å²) in [5.41, 5.74) is 2.86. The number of nitrogens with zero attached hydrogens (tertiary/aromatic N) is 1. The van der Waals surface area contributed by atoms with Crippen LogP contribution in [0.5, 0.6) is 11.5 Å². The molecule has 1 saturated heterocycles. The normalized spacial score (nSPS) is 19.2. The fraction of sp³-hybridized carbons (Fsp3) is 0.231. The molecule has 8 heteroatoms. The van der Waals surface area contributed by atoms with Gasteiger partial charge >= 0.3 is 0 Å². The van der Waals surface area contributed by atoms with Gasteiger partial charge in [-0.2, -0.15) is 0 Å².